The molecule has 282 valence electrons. The van der Waals surface area contributed by atoms with Crippen molar-refractivity contribution in [2.45, 2.75) is 77.2 Å². The lowest BCUT2D eigenvalue weighted by atomic mass is 9.96. The van der Waals surface area contributed by atoms with Crippen LogP contribution < -0.4 is 10.6 Å². The van der Waals surface area contributed by atoms with Gasteiger partial charge in [-0.15, -0.1) is 0 Å². The van der Waals surface area contributed by atoms with Crippen molar-refractivity contribution < 1.29 is 42.2 Å². The molecule has 3 aromatic rings. The molecule has 53 heavy (non-hydrogen) atoms. The van der Waals surface area contributed by atoms with E-state index in [0.29, 0.717) is 17.5 Å². The second-order valence-corrected chi connectivity index (χ2v) is 14.0. The van der Waals surface area contributed by atoms with E-state index in [9.17, 15) is 24.0 Å². The minimum Gasteiger partial charge on any atom is -0.467 e. The molecule has 0 bridgehead atoms. The summed E-state index contributed by atoms with van der Waals surface area (Å²) in [6.45, 7) is 7.06. The molecule has 1 fully saturated rings. The van der Waals surface area contributed by atoms with Crippen LogP contribution in [0.15, 0.2) is 66.7 Å². The smallest absolute Gasteiger partial charge is 0.410 e. The third-order valence-corrected chi connectivity index (χ3v) is 10.0. The van der Waals surface area contributed by atoms with Gasteiger partial charge >= 0.3 is 12.1 Å². The lowest BCUT2D eigenvalue weighted by molar-refractivity contribution is -0.147. The Morgan fingerprint density at radius 2 is 1.36 bits per heavy atom. The summed E-state index contributed by atoms with van der Waals surface area (Å²) in [6, 6.07) is 12.6. The molecule has 1 heterocycles. The largest absolute Gasteiger partial charge is 0.467 e. The molecule has 2 aliphatic rings. The highest BCUT2D eigenvalue weighted by molar-refractivity contribution is 5.96. The highest BCUT2D eigenvalue weighted by atomic mass is 19.1. The molecule has 5 rings (SSSR count). The molecule has 0 aromatic heterocycles. The first-order valence-electron chi connectivity index (χ1n) is 17.8. The number of rotatable bonds is 12. The van der Waals surface area contributed by atoms with Crippen LogP contribution in [0.5, 0.6) is 0 Å². The van der Waals surface area contributed by atoms with Gasteiger partial charge < -0.3 is 25.0 Å². The number of halogens is 2. The van der Waals surface area contributed by atoms with Crippen LogP contribution in [-0.2, 0) is 35.1 Å². The Morgan fingerprint density at radius 3 is 1.89 bits per heavy atom. The van der Waals surface area contributed by atoms with Crippen molar-refractivity contribution in [3.05, 3.63) is 95.1 Å². The second-order valence-electron chi connectivity index (χ2n) is 14.0. The van der Waals surface area contributed by atoms with E-state index in [0.717, 1.165) is 23.3 Å². The monoisotopic (exact) mass is 732 g/mol. The van der Waals surface area contributed by atoms with Crippen LogP contribution in [0.1, 0.15) is 63.3 Å². The van der Waals surface area contributed by atoms with Crippen LogP contribution in [0.3, 0.4) is 0 Å². The fraction of sp³-hybridized carbons (Fsp3) is 0.425. The van der Waals surface area contributed by atoms with E-state index in [4.69, 9.17) is 9.47 Å². The van der Waals surface area contributed by atoms with Crippen molar-refractivity contribution in [2.24, 2.45) is 11.8 Å². The zero-order chi connectivity index (χ0) is 38.6. The summed E-state index contributed by atoms with van der Waals surface area (Å²) in [4.78, 5) is 71.3. The molecule has 1 saturated heterocycles. The second kappa shape index (κ2) is 16.6. The van der Waals surface area contributed by atoms with E-state index < -0.39 is 89.5 Å². The quantitative estimate of drug-likeness (QED) is 0.246. The minimum atomic E-state index is -1.53. The number of benzene rings is 3. The summed E-state index contributed by atoms with van der Waals surface area (Å²) in [7, 11) is 2.39. The number of methoxy groups -OCH3 is 2. The van der Waals surface area contributed by atoms with Crippen molar-refractivity contribution in [1.82, 2.24) is 20.4 Å². The van der Waals surface area contributed by atoms with E-state index in [1.54, 1.807) is 39.8 Å². The third-order valence-electron chi connectivity index (χ3n) is 10.0. The van der Waals surface area contributed by atoms with E-state index in [1.165, 1.54) is 30.1 Å². The number of esters is 1. The van der Waals surface area contributed by atoms with Gasteiger partial charge in [-0.1, -0.05) is 82.3 Å². The first kappa shape index (κ1) is 38.9. The first-order valence-corrected chi connectivity index (χ1v) is 17.8. The Kier molecular flexibility index (Phi) is 12.2. The Morgan fingerprint density at radius 1 is 0.792 bits per heavy atom. The van der Waals surface area contributed by atoms with Gasteiger partial charge in [-0.3, -0.25) is 19.3 Å². The number of nitrogens with one attached hydrogen (secondary N) is 2. The van der Waals surface area contributed by atoms with E-state index >= 15 is 8.78 Å². The van der Waals surface area contributed by atoms with E-state index in [1.807, 2.05) is 36.4 Å². The average molecular weight is 733 g/mol. The third kappa shape index (κ3) is 7.89. The molecule has 0 spiro atoms. The lowest BCUT2D eigenvalue weighted by Crippen LogP contribution is -2.59. The summed E-state index contributed by atoms with van der Waals surface area (Å²) < 4.78 is 40.8. The van der Waals surface area contributed by atoms with Crippen LogP contribution in [0.4, 0.5) is 13.6 Å². The Bertz CT molecular complexity index is 1800. The Hall–Kier alpha value is -5.33. The van der Waals surface area contributed by atoms with E-state index in [2.05, 4.69) is 10.6 Å². The molecule has 13 heteroatoms. The van der Waals surface area contributed by atoms with Gasteiger partial charge in [0.1, 0.15) is 35.8 Å². The van der Waals surface area contributed by atoms with Gasteiger partial charge in [-0.25, -0.2) is 18.4 Å². The van der Waals surface area contributed by atoms with Crippen LogP contribution in [0, 0.1) is 23.5 Å². The van der Waals surface area contributed by atoms with Gasteiger partial charge in [-0.05, 0) is 59.1 Å². The molecule has 1 aliphatic heterocycles. The predicted molar refractivity (Wildman–Crippen MR) is 192 cm³/mol. The van der Waals surface area contributed by atoms with Crippen LogP contribution >= 0.6 is 0 Å². The first-order chi connectivity index (χ1) is 25.3. The van der Waals surface area contributed by atoms with Crippen molar-refractivity contribution in [3.63, 3.8) is 0 Å². The van der Waals surface area contributed by atoms with Crippen molar-refractivity contribution >= 4 is 29.8 Å². The molecule has 0 radical (unpaired) electrons. The average Bonchev–Trinajstić information content (AvgIpc) is 3.76. The summed E-state index contributed by atoms with van der Waals surface area (Å²) in [5, 5.41) is 5.45. The number of carbonyl (C=O) groups is 5. The molecule has 1 aliphatic carbocycles. The molecular formula is C40H46F2N4O7. The van der Waals surface area contributed by atoms with E-state index in [-0.39, 0.29) is 18.9 Å². The summed E-state index contributed by atoms with van der Waals surface area (Å²) in [5.41, 5.74) is 2.64. The van der Waals surface area contributed by atoms with Gasteiger partial charge in [-0.2, -0.15) is 0 Å². The van der Waals surface area contributed by atoms with Crippen molar-refractivity contribution in [1.29, 1.82) is 0 Å². The maximum Gasteiger partial charge on any atom is 0.410 e. The van der Waals surface area contributed by atoms with Crippen molar-refractivity contribution in [3.8, 4) is 11.1 Å². The molecular weight excluding hydrogens is 686 g/mol. The SMILES string of the molecule is COC(=O)[C@@H](NC(=O)[C@@H](NC(=O)[C@@H]1CCCN1C(=O)[C@H](Cc1c(F)cccc1F)N(C(=O)OC)C1c2ccccc2-c2ccccc21)C(C)C)C(C)C. The van der Waals surface area contributed by atoms with Gasteiger partial charge in [0.25, 0.3) is 0 Å². The highest BCUT2D eigenvalue weighted by Gasteiger charge is 2.47. The lowest BCUT2D eigenvalue weighted by Gasteiger charge is -2.38. The maximum absolute atomic E-state index is 15.3. The number of carbonyl (C=O) groups excluding carboxylic acids is 5. The summed E-state index contributed by atoms with van der Waals surface area (Å²) in [5.74, 6) is -5.07. The normalized spacial score (nSPS) is 16.7. The predicted octanol–water partition coefficient (Wildman–Crippen LogP) is 5.16. The number of nitrogens with zero attached hydrogens (tertiary/aromatic N) is 2. The molecule has 2 N–H and O–H groups in total. The number of hydrogen-bond donors (Lipinski definition) is 2. The van der Waals surface area contributed by atoms with Crippen molar-refractivity contribution in [2.75, 3.05) is 20.8 Å². The van der Waals surface area contributed by atoms with Crippen LogP contribution in [0.25, 0.3) is 11.1 Å². The number of amides is 4. The molecule has 4 amide bonds. The molecule has 0 unspecified atom stereocenters. The molecule has 4 atom stereocenters. The fourth-order valence-electron chi connectivity index (χ4n) is 7.32. The zero-order valence-corrected chi connectivity index (χ0v) is 30.7. The number of hydrogen-bond acceptors (Lipinski definition) is 7. The Labute approximate surface area is 308 Å². The number of likely N-dealkylation sites (tertiary alicyclic amines) is 1. The standard InChI is InChI=1S/C40H46F2N4O7/c1-22(2)33(37(48)44-34(23(3)4)39(50)52-5)43-36(47)31-19-12-20-45(31)38(49)32(21-28-29(41)17-11-18-30(28)42)46(40(51)53-6)35-26-15-9-7-13-24(26)25-14-8-10-16-27(25)35/h7-11,13-18,22-23,31-35H,12,19-21H2,1-6H3,(H,43,47)(H,44,48)/t31-,32-,33-,34-/m0/s1. The maximum atomic E-state index is 15.3. The summed E-state index contributed by atoms with van der Waals surface area (Å²) >= 11 is 0. The van der Waals surface area contributed by atoms with Gasteiger partial charge in [0.2, 0.25) is 17.7 Å². The van der Waals surface area contributed by atoms with Gasteiger partial charge in [0.05, 0.1) is 20.3 Å². The minimum absolute atomic E-state index is 0.107. The summed E-state index contributed by atoms with van der Waals surface area (Å²) in [6.07, 6.45) is -0.818. The van der Waals surface area contributed by atoms with Gasteiger partial charge in [0.15, 0.2) is 0 Å². The molecule has 3 aromatic carbocycles. The zero-order valence-electron chi connectivity index (χ0n) is 30.7. The Balaban J connectivity index is 1.53. The van der Waals surface area contributed by atoms with Crippen LogP contribution in [-0.4, -0.2) is 84.5 Å². The highest BCUT2D eigenvalue weighted by Crippen LogP contribution is 2.47. The topological polar surface area (TPSA) is 134 Å². The fourth-order valence-corrected chi connectivity index (χ4v) is 7.32. The van der Waals surface area contributed by atoms with Crippen LogP contribution in [0.2, 0.25) is 0 Å². The number of fused-ring (bicyclic) bond motifs is 3. The van der Waals surface area contributed by atoms with Gasteiger partial charge in [0, 0.05) is 18.5 Å². The molecule has 11 nitrogen and oxygen atoms in total. The number of ether oxygens (including phenoxy) is 2. The molecule has 0 saturated carbocycles.